The summed E-state index contributed by atoms with van der Waals surface area (Å²) in [6.07, 6.45) is 2.56. The van der Waals surface area contributed by atoms with Gasteiger partial charge in [-0.15, -0.1) is 11.8 Å². The second-order valence-corrected chi connectivity index (χ2v) is 5.40. The van der Waals surface area contributed by atoms with Gasteiger partial charge in [0.05, 0.1) is 12.0 Å². The molecule has 1 aliphatic rings. The molecule has 0 saturated carbocycles. The second kappa shape index (κ2) is 5.80. The van der Waals surface area contributed by atoms with Crippen LogP contribution in [-0.2, 0) is 0 Å². The van der Waals surface area contributed by atoms with Gasteiger partial charge in [-0.2, -0.15) is 0 Å². The van der Waals surface area contributed by atoms with Gasteiger partial charge < -0.3 is 10.1 Å². The highest BCUT2D eigenvalue weighted by Crippen LogP contribution is 2.32. The van der Waals surface area contributed by atoms with E-state index in [2.05, 4.69) is 5.32 Å². The highest BCUT2D eigenvalue weighted by atomic mass is 35.5. The SMILES string of the molecule is COc1ccc(Cl)cc1SCC1CCCN1. The minimum atomic E-state index is 0.633. The molecule has 1 aromatic carbocycles. The molecule has 1 heterocycles. The largest absolute Gasteiger partial charge is 0.496 e. The number of ether oxygens (including phenoxy) is 1. The number of nitrogens with one attached hydrogen (secondary N) is 1. The summed E-state index contributed by atoms with van der Waals surface area (Å²) in [5, 5.41) is 4.25. The number of halogens is 1. The number of hydrogen-bond donors (Lipinski definition) is 1. The molecule has 1 saturated heterocycles. The Kier molecular flexibility index (Phi) is 4.38. The molecule has 4 heteroatoms. The maximum Gasteiger partial charge on any atom is 0.132 e. The van der Waals surface area contributed by atoms with Gasteiger partial charge in [0.1, 0.15) is 5.75 Å². The number of benzene rings is 1. The van der Waals surface area contributed by atoms with E-state index in [1.807, 2.05) is 30.0 Å². The molecule has 16 heavy (non-hydrogen) atoms. The van der Waals surface area contributed by atoms with Crippen molar-refractivity contribution in [3.63, 3.8) is 0 Å². The predicted octanol–water partition coefficient (Wildman–Crippen LogP) is 3.19. The molecule has 1 aromatic rings. The maximum absolute atomic E-state index is 5.98. The Balaban J connectivity index is 1.98. The third-order valence-corrected chi connectivity index (χ3v) is 4.16. The third kappa shape index (κ3) is 3.06. The van der Waals surface area contributed by atoms with Gasteiger partial charge in [0.2, 0.25) is 0 Å². The van der Waals surface area contributed by atoms with Crippen molar-refractivity contribution in [2.75, 3.05) is 19.4 Å². The Morgan fingerprint density at radius 1 is 1.56 bits per heavy atom. The van der Waals surface area contributed by atoms with Crippen LogP contribution in [0.2, 0.25) is 5.02 Å². The second-order valence-electron chi connectivity index (χ2n) is 3.90. The Hall–Kier alpha value is -0.380. The highest BCUT2D eigenvalue weighted by Gasteiger charge is 2.15. The Labute approximate surface area is 106 Å². The van der Waals surface area contributed by atoms with Crippen LogP contribution in [0.25, 0.3) is 0 Å². The molecule has 0 radical (unpaired) electrons. The van der Waals surface area contributed by atoms with Crippen LogP contribution in [0, 0.1) is 0 Å². The molecular formula is C12H16ClNOS. The summed E-state index contributed by atoms with van der Waals surface area (Å²) in [5.41, 5.74) is 0. The molecule has 2 rings (SSSR count). The van der Waals surface area contributed by atoms with E-state index in [0.717, 1.165) is 28.0 Å². The zero-order valence-corrected chi connectivity index (χ0v) is 10.9. The van der Waals surface area contributed by atoms with E-state index in [-0.39, 0.29) is 0 Å². The Morgan fingerprint density at radius 2 is 2.44 bits per heavy atom. The van der Waals surface area contributed by atoms with Crippen molar-refractivity contribution in [2.45, 2.75) is 23.8 Å². The first-order valence-corrected chi connectivity index (χ1v) is 6.85. The number of thioether (sulfide) groups is 1. The van der Waals surface area contributed by atoms with E-state index in [9.17, 15) is 0 Å². The smallest absolute Gasteiger partial charge is 0.132 e. The molecule has 1 fully saturated rings. The molecule has 0 amide bonds. The van der Waals surface area contributed by atoms with E-state index in [4.69, 9.17) is 16.3 Å². The lowest BCUT2D eigenvalue weighted by Crippen LogP contribution is -2.23. The van der Waals surface area contributed by atoms with Gasteiger partial charge in [0, 0.05) is 16.8 Å². The van der Waals surface area contributed by atoms with Gasteiger partial charge in [-0.05, 0) is 37.6 Å². The lowest BCUT2D eigenvalue weighted by Gasteiger charge is -2.12. The van der Waals surface area contributed by atoms with E-state index >= 15 is 0 Å². The zero-order chi connectivity index (χ0) is 11.4. The molecule has 0 bridgehead atoms. The van der Waals surface area contributed by atoms with Gasteiger partial charge in [0.25, 0.3) is 0 Å². The predicted molar refractivity (Wildman–Crippen MR) is 69.8 cm³/mol. The van der Waals surface area contributed by atoms with Crippen molar-refractivity contribution in [3.8, 4) is 5.75 Å². The van der Waals surface area contributed by atoms with Gasteiger partial charge in [-0.3, -0.25) is 0 Å². The van der Waals surface area contributed by atoms with Gasteiger partial charge in [0.15, 0.2) is 0 Å². The quantitative estimate of drug-likeness (QED) is 0.837. The van der Waals surface area contributed by atoms with Gasteiger partial charge >= 0.3 is 0 Å². The summed E-state index contributed by atoms with van der Waals surface area (Å²) >= 11 is 7.80. The molecule has 1 aliphatic heterocycles. The topological polar surface area (TPSA) is 21.3 Å². The minimum Gasteiger partial charge on any atom is -0.496 e. The van der Waals surface area contributed by atoms with Crippen LogP contribution in [0.1, 0.15) is 12.8 Å². The molecule has 0 spiro atoms. The Bertz CT molecular complexity index is 353. The lowest BCUT2D eigenvalue weighted by molar-refractivity contribution is 0.405. The van der Waals surface area contributed by atoms with Crippen molar-refractivity contribution in [1.82, 2.24) is 5.32 Å². The summed E-state index contributed by atoms with van der Waals surface area (Å²) in [7, 11) is 1.70. The Morgan fingerprint density at radius 3 is 3.12 bits per heavy atom. The van der Waals surface area contributed by atoms with Crippen molar-refractivity contribution >= 4 is 23.4 Å². The van der Waals surface area contributed by atoms with Crippen LogP contribution < -0.4 is 10.1 Å². The van der Waals surface area contributed by atoms with Gasteiger partial charge in [-0.25, -0.2) is 0 Å². The fourth-order valence-electron chi connectivity index (χ4n) is 1.85. The first kappa shape index (κ1) is 12.1. The lowest BCUT2D eigenvalue weighted by atomic mass is 10.3. The van der Waals surface area contributed by atoms with Crippen LogP contribution in [0.5, 0.6) is 5.75 Å². The first-order valence-electron chi connectivity index (χ1n) is 5.49. The van der Waals surface area contributed by atoms with Crippen LogP contribution in [0.3, 0.4) is 0 Å². The third-order valence-electron chi connectivity index (χ3n) is 2.73. The average Bonchev–Trinajstić information content (AvgIpc) is 2.79. The van der Waals surface area contributed by atoms with E-state index < -0.39 is 0 Å². The maximum atomic E-state index is 5.98. The summed E-state index contributed by atoms with van der Waals surface area (Å²) in [5.74, 6) is 1.99. The van der Waals surface area contributed by atoms with Crippen molar-refractivity contribution in [2.24, 2.45) is 0 Å². The summed E-state index contributed by atoms with van der Waals surface area (Å²) in [6.45, 7) is 1.15. The molecule has 0 aliphatic carbocycles. The molecular weight excluding hydrogens is 242 g/mol. The molecule has 1 N–H and O–H groups in total. The van der Waals surface area contributed by atoms with Crippen molar-refractivity contribution in [3.05, 3.63) is 23.2 Å². The molecule has 1 atom stereocenters. The fraction of sp³-hybridized carbons (Fsp3) is 0.500. The average molecular weight is 258 g/mol. The molecule has 88 valence electrons. The first-order chi connectivity index (χ1) is 7.79. The fourth-order valence-corrected chi connectivity index (χ4v) is 3.26. The van der Waals surface area contributed by atoms with Crippen LogP contribution >= 0.6 is 23.4 Å². The number of hydrogen-bond acceptors (Lipinski definition) is 3. The molecule has 0 aromatic heterocycles. The molecule has 2 nitrogen and oxygen atoms in total. The van der Waals surface area contributed by atoms with E-state index in [0.29, 0.717) is 6.04 Å². The van der Waals surface area contributed by atoms with Crippen molar-refractivity contribution < 1.29 is 4.74 Å². The number of methoxy groups -OCH3 is 1. The summed E-state index contributed by atoms with van der Waals surface area (Å²) in [6, 6.07) is 6.39. The van der Waals surface area contributed by atoms with Crippen LogP contribution in [0.15, 0.2) is 23.1 Å². The number of rotatable bonds is 4. The van der Waals surface area contributed by atoms with Crippen LogP contribution in [0.4, 0.5) is 0 Å². The zero-order valence-electron chi connectivity index (χ0n) is 9.33. The normalized spacial score (nSPS) is 20.0. The van der Waals surface area contributed by atoms with Crippen LogP contribution in [-0.4, -0.2) is 25.4 Å². The van der Waals surface area contributed by atoms with Crippen molar-refractivity contribution in [1.29, 1.82) is 0 Å². The standard InChI is InChI=1S/C12H16ClNOS/c1-15-11-5-4-9(13)7-12(11)16-8-10-3-2-6-14-10/h4-5,7,10,14H,2-3,6,8H2,1H3. The van der Waals surface area contributed by atoms with E-state index in [1.165, 1.54) is 12.8 Å². The summed E-state index contributed by atoms with van der Waals surface area (Å²) in [4.78, 5) is 1.13. The van der Waals surface area contributed by atoms with Gasteiger partial charge in [-0.1, -0.05) is 11.6 Å². The minimum absolute atomic E-state index is 0.633. The highest BCUT2D eigenvalue weighted by molar-refractivity contribution is 7.99. The summed E-state index contributed by atoms with van der Waals surface area (Å²) < 4.78 is 5.32. The molecule has 1 unspecified atom stereocenters. The van der Waals surface area contributed by atoms with E-state index in [1.54, 1.807) is 7.11 Å². The monoisotopic (exact) mass is 257 g/mol.